The van der Waals surface area contributed by atoms with E-state index in [1.165, 1.54) is 0 Å². The lowest BCUT2D eigenvalue weighted by molar-refractivity contribution is 0.111. The number of hydrogen-bond acceptors (Lipinski definition) is 3. The standard InChI is InChI=1S/C9H10BrNO2.ClH/c10-8-2-1-7(6-12)9(5-8)13-4-3-11;/h1-2,5-6H,3-4,11H2;1H. The summed E-state index contributed by atoms with van der Waals surface area (Å²) in [5.41, 5.74) is 5.82. The van der Waals surface area contributed by atoms with E-state index in [4.69, 9.17) is 10.5 Å². The topological polar surface area (TPSA) is 52.3 Å². The van der Waals surface area contributed by atoms with Gasteiger partial charge in [0, 0.05) is 11.0 Å². The lowest BCUT2D eigenvalue weighted by Gasteiger charge is -2.06. The molecule has 3 nitrogen and oxygen atoms in total. The molecule has 0 aromatic heterocycles. The highest BCUT2D eigenvalue weighted by atomic mass is 79.9. The highest BCUT2D eigenvalue weighted by Crippen LogP contribution is 2.22. The molecule has 0 radical (unpaired) electrons. The molecule has 1 aromatic rings. The molecule has 0 saturated carbocycles. The first kappa shape index (κ1) is 13.4. The van der Waals surface area contributed by atoms with Gasteiger partial charge in [0.1, 0.15) is 12.4 Å². The zero-order valence-corrected chi connectivity index (χ0v) is 9.81. The van der Waals surface area contributed by atoms with Crippen molar-refractivity contribution in [1.82, 2.24) is 0 Å². The Morgan fingerprint density at radius 3 is 2.79 bits per heavy atom. The number of aldehydes is 1. The molecule has 2 N–H and O–H groups in total. The third-order valence-electron chi connectivity index (χ3n) is 1.48. The summed E-state index contributed by atoms with van der Waals surface area (Å²) < 4.78 is 6.15. The summed E-state index contributed by atoms with van der Waals surface area (Å²) in [4.78, 5) is 10.6. The predicted molar refractivity (Wildman–Crippen MR) is 61.3 cm³/mol. The third kappa shape index (κ3) is 3.65. The van der Waals surface area contributed by atoms with Crippen molar-refractivity contribution in [1.29, 1.82) is 0 Å². The number of nitrogens with two attached hydrogens (primary N) is 1. The lowest BCUT2D eigenvalue weighted by Crippen LogP contribution is -2.11. The summed E-state index contributed by atoms with van der Waals surface area (Å²) in [7, 11) is 0. The number of hydrogen-bond donors (Lipinski definition) is 1. The van der Waals surface area contributed by atoms with Gasteiger partial charge in [-0.1, -0.05) is 15.9 Å². The van der Waals surface area contributed by atoms with Gasteiger partial charge >= 0.3 is 0 Å². The Bertz CT molecular complexity index is 307. The fourth-order valence-corrected chi connectivity index (χ4v) is 1.24. The monoisotopic (exact) mass is 279 g/mol. The predicted octanol–water partition coefficient (Wildman–Crippen LogP) is 2.02. The largest absolute Gasteiger partial charge is 0.491 e. The van der Waals surface area contributed by atoms with Crippen LogP contribution in [0.1, 0.15) is 10.4 Å². The smallest absolute Gasteiger partial charge is 0.153 e. The second-order valence-corrected chi connectivity index (χ2v) is 3.35. The van der Waals surface area contributed by atoms with E-state index in [0.717, 1.165) is 10.8 Å². The fourth-order valence-electron chi connectivity index (χ4n) is 0.899. The van der Waals surface area contributed by atoms with E-state index in [-0.39, 0.29) is 12.4 Å². The molecule has 1 rings (SSSR count). The minimum absolute atomic E-state index is 0. The second-order valence-electron chi connectivity index (χ2n) is 2.44. The first-order valence-corrected chi connectivity index (χ1v) is 4.65. The Balaban J connectivity index is 0.00000169. The molecule has 0 aliphatic carbocycles. The summed E-state index contributed by atoms with van der Waals surface area (Å²) in [6.45, 7) is 0.849. The van der Waals surface area contributed by atoms with Gasteiger partial charge in [-0.15, -0.1) is 12.4 Å². The molecule has 78 valence electrons. The Labute approximate surface area is 97.2 Å². The summed E-state index contributed by atoms with van der Waals surface area (Å²) in [6, 6.07) is 5.24. The van der Waals surface area contributed by atoms with E-state index in [1.807, 2.05) is 0 Å². The van der Waals surface area contributed by atoms with Crippen LogP contribution in [0.5, 0.6) is 5.75 Å². The summed E-state index contributed by atoms with van der Waals surface area (Å²) in [6.07, 6.45) is 0.762. The number of carbonyl (C=O) groups is 1. The SMILES string of the molecule is Cl.NCCOc1cc(Br)ccc1C=O. The normalized spacial score (nSPS) is 9.00. The van der Waals surface area contributed by atoms with Crippen molar-refractivity contribution in [3.8, 4) is 5.75 Å². The van der Waals surface area contributed by atoms with Crippen molar-refractivity contribution in [3.63, 3.8) is 0 Å². The Kier molecular flexibility index (Phi) is 6.53. The highest BCUT2D eigenvalue weighted by molar-refractivity contribution is 9.10. The molecule has 14 heavy (non-hydrogen) atoms. The van der Waals surface area contributed by atoms with Crippen LogP contribution in [-0.2, 0) is 0 Å². The minimum atomic E-state index is 0. The Hall–Kier alpha value is -0.580. The van der Waals surface area contributed by atoms with E-state index < -0.39 is 0 Å². The molecule has 0 spiro atoms. The first-order chi connectivity index (χ1) is 6.27. The molecule has 0 atom stereocenters. The Morgan fingerprint density at radius 1 is 1.50 bits per heavy atom. The molecule has 0 bridgehead atoms. The average molecular weight is 281 g/mol. The van der Waals surface area contributed by atoms with Gasteiger partial charge in [0.05, 0.1) is 5.56 Å². The number of carbonyl (C=O) groups excluding carboxylic acids is 1. The first-order valence-electron chi connectivity index (χ1n) is 3.85. The van der Waals surface area contributed by atoms with Gasteiger partial charge in [-0.3, -0.25) is 4.79 Å². The van der Waals surface area contributed by atoms with Gasteiger partial charge in [-0.2, -0.15) is 0 Å². The van der Waals surface area contributed by atoms with E-state index in [2.05, 4.69) is 15.9 Å². The van der Waals surface area contributed by atoms with Crippen LogP contribution in [0.4, 0.5) is 0 Å². The molecule has 5 heteroatoms. The van der Waals surface area contributed by atoms with Gasteiger partial charge in [0.2, 0.25) is 0 Å². The van der Waals surface area contributed by atoms with Crippen molar-refractivity contribution in [2.24, 2.45) is 5.73 Å². The molecule has 0 unspecified atom stereocenters. The molecule has 1 aromatic carbocycles. The van der Waals surface area contributed by atoms with Gasteiger partial charge in [0.15, 0.2) is 6.29 Å². The van der Waals surface area contributed by atoms with Crippen LogP contribution in [-0.4, -0.2) is 19.4 Å². The zero-order valence-electron chi connectivity index (χ0n) is 7.40. The van der Waals surface area contributed by atoms with E-state index >= 15 is 0 Å². The minimum Gasteiger partial charge on any atom is -0.491 e. The van der Waals surface area contributed by atoms with Crippen LogP contribution in [0, 0.1) is 0 Å². The summed E-state index contributed by atoms with van der Waals surface area (Å²) >= 11 is 3.29. The van der Waals surface area contributed by atoms with Crippen LogP contribution >= 0.6 is 28.3 Å². The molecule has 0 fully saturated rings. The van der Waals surface area contributed by atoms with Crippen LogP contribution in [0.3, 0.4) is 0 Å². The van der Waals surface area contributed by atoms with Crippen LogP contribution < -0.4 is 10.5 Å². The van der Waals surface area contributed by atoms with Gasteiger partial charge in [-0.05, 0) is 18.2 Å². The van der Waals surface area contributed by atoms with Gasteiger partial charge in [-0.25, -0.2) is 0 Å². The van der Waals surface area contributed by atoms with E-state index in [9.17, 15) is 4.79 Å². The fraction of sp³-hybridized carbons (Fsp3) is 0.222. The zero-order chi connectivity index (χ0) is 9.68. The summed E-state index contributed by atoms with van der Waals surface area (Å²) in [5.74, 6) is 0.565. The van der Waals surface area contributed by atoms with Crippen molar-refractivity contribution >= 4 is 34.6 Å². The molecule has 0 saturated heterocycles. The van der Waals surface area contributed by atoms with Crippen LogP contribution in [0.15, 0.2) is 22.7 Å². The third-order valence-corrected chi connectivity index (χ3v) is 1.97. The number of rotatable bonds is 4. The number of halogens is 2. The molecular weight excluding hydrogens is 269 g/mol. The van der Waals surface area contributed by atoms with Crippen molar-refractivity contribution in [2.45, 2.75) is 0 Å². The van der Waals surface area contributed by atoms with E-state index in [1.54, 1.807) is 18.2 Å². The number of benzene rings is 1. The van der Waals surface area contributed by atoms with E-state index in [0.29, 0.717) is 24.5 Å². The maximum absolute atomic E-state index is 10.6. The van der Waals surface area contributed by atoms with Crippen LogP contribution in [0.2, 0.25) is 0 Å². The summed E-state index contributed by atoms with van der Waals surface area (Å²) in [5, 5.41) is 0. The highest BCUT2D eigenvalue weighted by Gasteiger charge is 2.02. The molecule has 0 heterocycles. The van der Waals surface area contributed by atoms with Crippen molar-refractivity contribution in [2.75, 3.05) is 13.2 Å². The average Bonchev–Trinajstić information content (AvgIpc) is 2.15. The van der Waals surface area contributed by atoms with Crippen molar-refractivity contribution < 1.29 is 9.53 Å². The number of ether oxygens (including phenoxy) is 1. The second kappa shape index (κ2) is 6.81. The molecule has 0 amide bonds. The van der Waals surface area contributed by atoms with Gasteiger partial charge < -0.3 is 10.5 Å². The molecule has 0 aliphatic heterocycles. The molecular formula is C9H11BrClNO2. The van der Waals surface area contributed by atoms with Crippen molar-refractivity contribution in [3.05, 3.63) is 28.2 Å². The Morgan fingerprint density at radius 2 is 2.21 bits per heavy atom. The quantitative estimate of drug-likeness (QED) is 0.859. The maximum atomic E-state index is 10.6. The van der Waals surface area contributed by atoms with Crippen LogP contribution in [0.25, 0.3) is 0 Å². The molecule has 0 aliphatic rings. The van der Waals surface area contributed by atoms with Gasteiger partial charge in [0.25, 0.3) is 0 Å². The lowest BCUT2D eigenvalue weighted by atomic mass is 10.2. The maximum Gasteiger partial charge on any atom is 0.153 e.